The van der Waals surface area contributed by atoms with Gasteiger partial charge in [-0.15, -0.1) is 11.3 Å². The second-order valence-corrected chi connectivity index (χ2v) is 8.21. The molecule has 26 heavy (non-hydrogen) atoms. The summed E-state index contributed by atoms with van der Waals surface area (Å²) in [5.41, 5.74) is 2.91. The van der Waals surface area contributed by atoms with Crippen molar-refractivity contribution in [2.24, 2.45) is 0 Å². The van der Waals surface area contributed by atoms with Crippen molar-refractivity contribution in [3.63, 3.8) is 0 Å². The number of rotatable bonds is 4. The molecule has 0 bridgehead atoms. The summed E-state index contributed by atoms with van der Waals surface area (Å²) in [5.74, 6) is 0.604. The van der Waals surface area contributed by atoms with Crippen molar-refractivity contribution < 1.29 is 4.52 Å². The topological polar surface area (TPSA) is 60.9 Å². The number of hydrogen-bond acceptors (Lipinski definition) is 6. The van der Waals surface area contributed by atoms with Crippen LogP contribution in [0.5, 0.6) is 0 Å². The van der Waals surface area contributed by atoms with Crippen LogP contribution in [0.3, 0.4) is 0 Å². The van der Waals surface area contributed by atoms with E-state index in [0.717, 1.165) is 40.9 Å². The van der Waals surface area contributed by atoms with Gasteiger partial charge in [0.1, 0.15) is 11.1 Å². The van der Waals surface area contributed by atoms with E-state index in [1.807, 2.05) is 36.4 Å². The lowest BCUT2D eigenvalue weighted by Crippen LogP contribution is -2.21. The van der Waals surface area contributed by atoms with E-state index in [-0.39, 0.29) is 5.56 Å². The maximum absolute atomic E-state index is 13.4. The molecular formula is C19H15N3O2S2. The van der Waals surface area contributed by atoms with E-state index in [0.29, 0.717) is 10.9 Å². The van der Waals surface area contributed by atoms with Crippen molar-refractivity contribution in [2.75, 3.05) is 0 Å². The van der Waals surface area contributed by atoms with Crippen molar-refractivity contribution in [1.29, 1.82) is 0 Å². The maximum Gasteiger partial charge on any atom is 0.267 e. The van der Waals surface area contributed by atoms with E-state index in [9.17, 15) is 4.79 Å². The van der Waals surface area contributed by atoms with Crippen molar-refractivity contribution >= 4 is 33.3 Å². The van der Waals surface area contributed by atoms with Gasteiger partial charge >= 0.3 is 0 Å². The summed E-state index contributed by atoms with van der Waals surface area (Å²) >= 11 is 3.18. The van der Waals surface area contributed by atoms with E-state index in [4.69, 9.17) is 9.51 Å². The first kappa shape index (κ1) is 15.8. The summed E-state index contributed by atoms with van der Waals surface area (Å²) in [6.07, 6.45) is 4.72. The monoisotopic (exact) mass is 381 g/mol. The highest BCUT2D eigenvalue weighted by molar-refractivity contribution is 7.98. The molecule has 0 atom stereocenters. The van der Waals surface area contributed by atoms with Crippen LogP contribution in [-0.4, -0.2) is 14.7 Å². The fourth-order valence-corrected chi connectivity index (χ4v) is 5.59. The van der Waals surface area contributed by atoms with Crippen LogP contribution in [0.1, 0.15) is 22.6 Å². The standard InChI is InChI=1S/C19H15N3O2S2/c23-18-16-14-7-4-8-15(14)26-17(16)20-19(25-11-12-9-10-24-21-12)22(18)13-5-2-1-3-6-13/h1-3,5-6,9-10H,4,7-8,11H2. The number of para-hydroxylation sites is 1. The molecule has 1 aliphatic carbocycles. The molecule has 3 aromatic heterocycles. The number of aryl methyl sites for hydroxylation is 2. The number of fused-ring (bicyclic) bond motifs is 3. The molecule has 7 heteroatoms. The molecule has 4 aromatic rings. The Morgan fingerprint density at radius 3 is 2.88 bits per heavy atom. The Morgan fingerprint density at radius 1 is 1.19 bits per heavy atom. The molecule has 130 valence electrons. The molecule has 0 saturated heterocycles. The minimum absolute atomic E-state index is 0.0308. The average Bonchev–Trinajstić information content (AvgIpc) is 3.37. The Bertz CT molecular complexity index is 1130. The summed E-state index contributed by atoms with van der Waals surface area (Å²) in [4.78, 5) is 20.5. The largest absolute Gasteiger partial charge is 0.364 e. The van der Waals surface area contributed by atoms with Gasteiger partial charge in [0.25, 0.3) is 5.56 Å². The van der Waals surface area contributed by atoms with Gasteiger partial charge in [0.05, 0.1) is 16.8 Å². The van der Waals surface area contributed by atoms with Gasteiger partial charge < -0.3 is 4.52 Å². The Kier molecular flexibility index (Phi) is 3.90. The highest BCUT2D eigenvalue weighted by Gasteiger charge is 2.23. The van der Waals surface area contributed by atoms with E-state index < -0.39 is 0 Å². The van der Waals surface area contributed by atoms with Crippen molar-refractivity contribution in [2.45, 2.75) is 30.2 Å². The lowest BCUT2D eigenvalue weighted by Gasteiger charge is -2.12. The Morgan fingerprint density at radius 2 is 2.08 bits per heavy atom. The lowest BCUT2D eigenvalue weighted by molar-refractivity contribution is 0.414. The molecule has 0 amide bonds. The second kappa shape index (κ2) is 6.41. The third-order valence-corrected chi connectivity index (χ3v) is 6.72. The van der Waals surface area contributed by atoms with Crippen molar-refractivity contribution in [1.82, 2.24) is 14.7 Å². The predicted octanol–water partition coefficient (Wildman–Crippen LogP) is 4.22. The van der Waals surface area contributed by atoms with Crippen LogP contribution >= 0.6 is 23.1 Å². The fraction of sp³-hybridized carbons (Fsp3) is 0.211. The van der Waals surface area contributed by atoms with Gasteiger partial charge in [-0.2, -0.15) is 0 Å². The molecule has 1 aromatic carbocycles. The average molecular weight is 381 g/mol. The fourth-order valence-electron chi connectivity index (χ4n) is 3.38. The summed E-state index contributed by atoms with van der Waals surface area (Å²) < 4.78 is 6.64. The normalized spacial score (nSPS) is 13.4. The number of hydrogen-bond donors (Lipinski definition) is 0. The Balaban J connectivity index is 1.70. The highest BCUT2D eigenvalue weighted by atomic mass is 32.2. The number of nitrogens with zero attached hydrogens (tertiary/aromatic N) is 3. The van der Waals surface area contributed by atoms with Gasteiger partial charge in [0.2, 0.25) is 0 Å². The number of aromatic nitrogens is 3. The minimum atomic E-state index is 0.0308. The van der Waals surface area contributed by atoms with Crippen LogP contribution in [-0.2, 0) is 18.6 Å². The molecule has 0 radical (unpaired) electrons. The van der Waals surface area contributed by atoms with Gasteiger partial charge in [-0.05, 0) is 37.0 Å². The molecule has 0 unspecified atom stereocenters. The SMILES string of the molecule is O=c1c2c3c(sc2nc(SCc2ccon2)n1-c1ccccc1)CCC3. The zero-order chi connectivity index (χ0) is 17.5. The predicted molar refractivity (Wildman–Crippen MR) is 103 cm³/mol. The van der Waals surface area contributed by atoms with Crippen molar-refractivity contribution in [3.05, 3.63) is 69.1 Å². The van der Waals surface area contributed by atoms with Gasteiger partial charge in [-0.25, -0.2) is 4.98 Å². The third-order valence-electron chi connectivity index (χ3n) is 4.56. The lowest BCUT2D eigenvalue weighted by atomic mass is 10.2. The Labute approximate surface area is 157 Å². The number of benzene rings is 1. The molecule has 3 heterocycles. The van der Waals surface area contributed by atoms with E-state index >= 15 is 0 Å². The molecule has 0 saturated carbocycles. The summed E-state index contributed by atoms with van der Waals surface area (Å²) in [5, 5.41) is 5.44. The third kappa shape index (κ3) is 2.59. The highest BCUT2D eigenvalue weighted by Crippen LogP contribution is 2.36. The first-order valence-electron chi connectivity index (χ1n) is 8.46. The molecule has 5 rings (SSSR count). The number of thioether (sulfide) groups is 1. The van der Waals surface area contributed by atoms with Crippen LogP contribution in [0.2, 0.25) is 0 Å². The van der Waals surface area contributed by atoms with E-state index in [1.54, 1.807) is 22.2 Å². The zero-order valence-electron chi connectivity index (χ0n) is 13.8. The summed E-state index contributed by atoms with van der Waals surface area (Å²) in [7, 11) is 0. The van der Waals surface area contributed by atoms with E-state index in [1.165, 1.54) is 22.2 Å². The van der Waals surface area contributed by atoms with Gasteiger partial charge in [-0.3, -0.25) is 9.36 Å². The molecule has 0 N–H and O–H groups in total. The van der Waals surface area contributed by atoms with Gasteiger partial charge in [-0.1, -0.05) is 35.1 Å². The van der Waals surface area contributed by atoms with Crippen LogP contribution in [0, 0.1) is 0 Å². The van der Waals surface area contributed by atoms with Crippen LogP contribution in [0.4, 0.5) is 0 Å². The molecule has 0 spiro atoms. The molecule has 0 fully saturated rings. The molecule has 0 aliphatic heterocycles. The second-order valence-electron chi connectivity index (χ2n) is 6.19. The number of thiophene rings is 1. The first-order valence-corrected chi connectivity index (χ1v) is 10.3. The molecule has 5 nitrogen and oxygen atoms in total. The smallest absolute Gasteiger partial charge is 0.267 e. The van der Waals surface area contributed by atoms with Gasteiger partial charge in [0, 0.05) is 16.7 Å². The first-order chi connectivity index (χ1) is 12.8. The van der Waals surface area contributed by atoms with E-state index in [2.05, 4.69) is 5.16 Å². The minimum Gasteiger partial charge on any atom is -0.364 e. The van der Waals surface area contributed by atoms with Gasteiger partial charge in [0.15, 0.2) is 5.16 Å². The summed E-state index contributed by atoms with van der Waals surface area (Å²) in [6.45, 7) is 0. The van der Waals surface area contributed by atoms with Crippen LogP contribution in [0.25, 0.3) is 15.9 Å². The zero-order valence-corrected chi connectivity index (χ0v) is 15.5. The van der Waals surface area contributed by atoms with Crippen molar-refractivity contribution in [3.8, 4) is 5.69 Å². The summed E-state index contributed by atoms with van der Waals surface area (Å²) in [6, 6.07) is 11.6. The maximum atomic E-state index is 13.4. The Hall–Kier alpha value is -2.38. The molecular weight excluding hydrogens is 366 g/mol. The van der Waals surface area contributed by atoms with Crippen LogP contribution < -0.4 is 5.56 Å². The van der Waals surface area contributed by atoms with Crippen LogP contribution in [0.15, 0.2) is 57.1 Å². The molecule has 1 aliphatic rings. The quantitative estimate of drug-likeness (QED) is 0.391.